The highest BCUT2D eigenvalue weighted by Gasteiger charge is 2.20. The second-order valence-electron chi connectivity index (χ2n) is 5.07. The Morgan fingerprint density at radius 1 is 1.69 bits per heavy atom. The van der Waals surface area contributed by atoms with E-state index >= 15 is 0 Å². The van der Waals surface area contributed by atoms with Gasteiger partial charge in [0.15, 0.2) is 0 Å². The van der Waals surface area contributed by atoms with Crippen LogP contribution in [0.25, 0.3) is 0 Å². The Hall–Kier alpha value is -0.870. The minimum atomic E-state index is 0.174. The summed E-state index contributed by atoms with van der Waals surface area (Å²) in [6, 6.07) is 0.174. The van der Waals surface area contributed by atoms with Gasteiger partial charge in [0.25, 0.3) is 0 Å². The van der Waals surface area contributed by atoms with E-state index in [2.05, 4.69) is 21.9 Å². The van der Waals surface area contributed by atoms with E-state index in [1.54, 1.807) is 0 Å². The number of nitrogens with one attached hydrogen (secondary N) is 1. The van der Waals surface area contributed by atoms with E-state index in [9.17, 15) is 0 Å². The molecule has 1 aromatic heterocycles. The Balaban J connectivity index is 2.00. The van der Waals surface area contributed by atoms with E-state index in [1.807, 2.05) is 13.1 Å². The van der Waals surface area contributed by atoms with Crippen LogP contribution in [0.2, 0.25) is 0 Å². The van der Waals surface area contributed by atoms with Crippen molar-refractivity contribution in [2.24, 2.45) is 5.73 Å². The van der Waals surface area contributed by atoms with Crippen molar-refractivity contribution in [1.82, 2.24) is 14.9 Å². The summed E-state index contributed by atoms with van der Waals surface area (Å²) in [5.41, 5.74) is 7.05. The monoisotopic (exact) mass is 222 g/mol. The molecular weight excluding hydrogens is 200 g/mol. The molecule has 2 rings (SSSR count). The van der Waals surface area contributed by atoms with Crippen LogP contribution in [-0.2, 0) is 6.42 Å². The zero-order valence-corrected chi connectivity index (χ0v) is 10.2. The first-order valence-corrected chi connectivity index (χ1v) is 6.13. The van der Waals surface area contributed by atoms with Crippen LogP contribution in [-0.4, -0.2) is 41.0 Å². The molecule has 0 radical (unpaired) electrons. The molecule has 0 aromatic carbocycles. The van der Waals surface area contributed by atoms with Crippen LogP contribution in [0.4, 0.5) is 0 Å². The third-order valence-corrected chi connectivity index (χ3v) is 3.23. The number of H-pyrrole nitrogens is 1. The Kier molecular flexibility index (Phi) is 3.61. The number of aromatic amines is 1. The van der Waals surface area contributed by atoms with Gasteiger partial charge in [-0.15, -0.1) is 0 Å². The molecule has 1 aromatic rings. The quantitative estimate of drug-likeness (QED) is 0.805. The lowest BCUT2D eigenvalue weighted by Crippen LogP contribution is -2.31. The van der Waals surface area contributed by atoms with Crippen LogP contribution in [0.1, 0.15) is 37.2 Å². The van der Waals surface area contributed by atoms with E-state index in [4.69, 9.17) is 5.73 Å². The second kappa shape index (κ2) is 4.97. The topological polar surface area (TPSA) is 57.9 Å². The number of likely N-dealkylation sites (N-methyl/N-ethyl adjacent to an activating group) is 1. The van der Waals surface area contributed by atoms with Gasteiger partial charge in [-0.3, -0.25) is 0 Å². The van der Waals surface area contributed by atoms with Gasteiger partial charge in [0.2, 0.25) is 0 Å². The van der Waals surface area contributed by atoms with Crippen molar-refractivity contribution < 1.29 is 0 Å². The van der Waals surface area contributed by atoms with Crippen LogP contribution in [0.5, 0.6) is 0 Å². The van der Waals surface area contributed by atoms with Crippen LogP contribution < -0.4 is 5.73 Å². The Morgan fingerprint density at radius 3 is 3.19 bits per heavy atom. The lowest BCUT2D eigenvalue weighted by Gasteiger charge is -2.28. The maximum Gasteiger partial charge on any atom is 0.107 e. The van der Waals surface area contributed by atoms with E-state index in [-0.39, 0.29) is 6.04 Å². The predicted molar refractivity (Wildman–Crippen MR) is 65.4 cm³/mol. The van der Waals surface area contributed by atoms with Gasteiger partial charge in [-0.05, 0) is 33.4 Å². The van der Waals surface area contributed by atoms with Crippen molar-refractivity contribution in [2.45, 2.75) is 38.1 Å². The third-order valence-electron chi connectivity index (χ3n) is 3.23. The molecule has 1 saturated heterocycles. The zero-order chi connectivity index (χ0) is 11.5. The lowest BCUT2D eigenvalue weighted by atomic mass is 9.96. The number of piperidine rings is 1. The summed E-state index contributed by atoms with van der Waals surface area (Å²) in [6.45, 7) is 4.37. The van der Waals surface area contributed by atoms with Gasteiger partial charge in [0.05, 0.1) is 0 Å². The average molecular weight is 222 g/mol. The van der Waals surface area contributed by atoms with E-state index in [1.165, 1.54) is 25.1 Å². The van der Waals surface area contributed by atoms with Gasteiger partial charge in [0, 0.05) is 36.8 Å². The predicted octanol–water partition coefficient (Wildman–Crippen LogP) is 1.11. The molecule has 0 bridgehead atoms. The summed E-state index contributed by atoms with van der Waals surface area (Å²) >= 11 is 0. The minimum Gasteiger partial charge on any atom is -0.346 e. The fourth-order valence-electron chi connectivity index (χ4n) is 2.42. The van der Waals surface area contributed by atoms with E-state index in [0.29, 0.717) is 5.92 Å². The first kappa shape index (κ1) is 11.6. The molecule has 4 nitrogen and oxygen atoms in total. The first-order chi connectivity index (χ1) is 7.65. The molecule has 3 N–H and O–H groups in total. The molecule has 4 heteroatoms. The van der Waals surface area contributed by atoms with Crippen LogP contribution in [0.15, 0.2) is 6.20 Å². The summed E-state index contributed by atoms with van der Waals surface area (Å²) in [5.74, 6) is 1.64. The fraction of sp³-hybridized carbons (Fsp3) is 0.750. The van der Waals surface area contributed by atoms with Crippen molar-refractivity contribution >= 4 is 0 Å². The third kappa shape index (κ3) is 2.83. The Labute approximate surface area is 97.2 Å². The van der Waals surface area contributed by atoms with Gasteiger partial charge in [0.1, 0.15) is 5.82 Å². The van der Waals surface area contributed by atoms with Gasteiger partial charge >= 0.3 is 0 Å². The molecule has 0 amide bonds. The first-order valence-electron chi connectivity index (χ1n) is 6.13. The summed E-state index contributed by atoms with van der Waals surface area (Å²) < 4.78 is 0. The number of hydrogen-bond donors (Lipinski definition) is 2. The molecular formula is C12H22N4. The minimum absolute atomic E-state index is 0.174. The standard InChI is InChI=1S/C12H22N4/c1-9(13)6-12-14-7-11(15-12)10-4-3-5-16(2)8-10/h7,9-10H,3-6,8,13H2,1-2H3,(H,14,15). The largest absolute Gasteiger partial charge is 0.346 e. The highest BCUT2D eigenvalue weighted by molar-refractivity contribution is 5.10. The highest BCUT2D eigenvalue weighted by atomic mass is 15.1. The maximum absolute atomic E-state index is 5.77. The fourth-order valence-corrected chi connectivity index (χ4v) is 2.42. The summed E-state index contributed by atoms with van der Waals surface area (Å²) in [5, 5.41) is 0. The Bertz CT molecular complexity index is 332. The molecule has 16 heavy (non-hydrogen) atoms. The van der Waals surface area contributed by atoms with Gasteiger partial charge in [-0.1, -0.05) is 0 Å². The molecule has 2 unspecified atom stereocenters. The molecule has 1 aliphatic heterocycles. The molecule has 0 spiro atoms. The highest BCUT2D eigenvalue weighted by Crippen LogP contribution is 2.24. The van der Waals surface area contributed by atoms with Gasteiger partial charge in [-0.25, -0.2) is 4.98 Å². The zero-order valence-electron chi connectivity index (χ0n) is 10.2. The smallest absolute Gasteiger partial charge is 0.107 e. The van der Waals surface area contributed by atoms with Crippen LogP contribution in [0, 0.1) is 0 Å². The average Bonchev–Trinajstić information content (AvgIpc) is 2.65. The molecule has 0 saturated carbocycles. The van der Waals surface area contributed by atoms with Gasteiger partial charge in [-0.2, -0.15) is 0 Å². The summed E-state index contributed by atoms with van der Waals surface area (Å²) in [7, 11) is 2.19. The van der Waals surface area contributed by atoms with Crippen molar-refractivity contribution in [3.8, 4) is 0 Å². The van der Waals surface area contributed by atoms with Crippen molar-refractivity contribution in [3.63, 3.8) is 0 Å². The van der Waals surface area contributed by atoms with Crippen molar-refractivity contribution in [1.29, 1.82) is 0 Å². The molecule has 0 aliphatic carbocycles. The van der Waals surface area contributed by atoms with E-state index < -0.39 is 0 Å². The SMILES string of the molecule is CC(N)Cc1ncc(C2CCCN(C)C2)[nH]1. The second-order valence-corrected chi connectivity index (χ2v) is 5.07. The maximum atomic E-state index is 5.77. The Morgan fingerprint density at radius 2 is 2.50 bits per heavy atom. The number of nitrogens with two attached hydrogens (primary N) is 1. The summed E-state index contributed by atoms with van der Waals surface area (Å²) in [6.07, 6.45) is 5.37. The molecule has 90 valence electrons. The molecule has 2 atom stereocenters. The number of likely N-dealkylation sites (tertiary alicyclic amines) is 1. The number of aromatic nitrogens is 2. The number of nitrogens with zero attached hydrogens (tertiary/aromatic N) is 2. The number of imidazole rings is 1. The summed E-state index contributed by atoms with van der Waals surface area (Å²) in [4.78, 5) is 10.2. The van der Waals surface area contributed by atoms with Crippen LogP contribution >= 0.6 is 0 Å². The normalized spacial score (nSPS) is 24.6. The molecule has 2 heterocycles. The molecule has 1 fully saturated rings. The lowest BCUT2D eigenvalue weighted by molar-refractivity contribution is 0.248. The van der Waals surface area contributed by atoms with E-state index in [0.717, 1.165) is 18.8 Å². The number of hydrogen-bond acceptors (Lipinski definition) is 3. The molecule has 1 aliphatic rings. The number of rotatable bonds is 3. The van der Waals surface area contributed by atoms with Crippen molar-refractivity contribution in [3.05, 3.63) is 17.7 Å². The van der Waals surface area contributed by atoms with Crippen LogP contribution in [0.3, 0.4) is 0 Å². The van der Waals surface area contributed by atoms with Crippen molar-refractivity contribution in [2.75, 3.05) is 20.1 Å². The van der Waals surface area contributed by atoms with Gasteiger partial charge < -0.3 is 15.6 Å².